The molecule has 0 saturated heterocycles. The summed E-state index contributed by atoms with van der Waals surface area (Å²) in [5.74, 6) is -0.147. The molecular weight excluding hydrogens is 381 g/mol. The number of hydrogen-bond acceptors (Lipinski definition) is 5. The molecule has 2 N–H and O–H groups in total. The fraction of sp³-hybridized carbons (Fsp3) is 0.474. The quantitative estimate of drug-likeness (QED) is 0.692. The van der Waals surface area contributed by atoms with E-state index in [0.717, 1.165) is 12.8 Å². The molecule has 7 nitrogen and oxygen atoms in total. The Labute approximate surface area is 167 Å². The summed E-state index contributed by atoms with van der Waals surface area (Å²) < 4.78 is 14.7. The van der Waals surface area contributed by atoms with E-state index in [2.05, 4.69) is 20.8 Å². The SMILES string of the molecule is CC(Sc1nnc(CC(=O)Nc2ccc(F)cc2)n1C)C(=O)NC1CCCC1. The molecule has 28 heavy (non-hydrogen) atoms. The normalized spacial score (nSPS) is 15.4. The number of amides is 2. The van der Waals surface area contributed by atoms with Gasteiger partial charge in [0.05, 0.1) is 11.7 Å². The number of rotatable bonds is 7. The molecular formula is C19H24FN5O2S. The van der Waals surface area contributed by atoms with Crippen molar-refractivity contribution >= 4 is 29.3 Å². The van der Waals surface area contributed by atoms with Crippen LogP contribution >= 0.6 is 11.8 Å². The molecule has 1 saturated carbocycles. The monoisotopic (exact) mass is 405 g/mol. The molecule has 1 aliphatic carbocycles. The van der Waals surface area contributed by atoms with E-state index in [1.165, 1.54) is 48.9 Å². The predicted octanol–water partition coefficient (Wildman–Crippen LogP) is 2.67. The van der Waals surface area contributed by atoms with Crippen molar-refractivity contribution in [2.24, 2.45) is 7.05 Å². The first-order valence-electron chi connectivity index (χ1n) is 9.33. The van der Waals surface area contributed by atoms with Crippen LogP contribution in [-0.4, -0.2) is 37.9 Å². The highest BCUT2D eigenvalue weighted by molar-refractivity contribution is 8.00. The third kappa shape index (κ3) is 5.31. The summed E-state index contributed by atoms with van der Waals surface area (Å²) in [6.45, 7) is 1.84. The van der Waals surface area contributed by atoms with Gasteiger partial charge in [-0.1, -0.05) is 24.6 Å². The zero-order chi connectivity index (χ0) is 20.1. The molecule has 1 unspecified atom stereocenters. The molecule has 1 fully saturated rings. The second-order valence-electron chi connectivity index (χ2n) is 6.94. The molecule has 2 aromatic rings. The van der Waals surface area contributed by atoms with Crippen molar-refractivity contribution in [2.45, 2.75) is 55.5 Å². The first-order chi connectivity index (χ1) is 13.4. The van der Waals surface area contributed by atoms with Gasteiger partial charge in [-0.05, 0) is 44.0 Å². The zero-order valence-corrected chi connectivity index (χ0v) is 16.8. The fourth-order valence-electron chi connectivity index (χ4n) is 3.08. The summed E-state index contributed by atoms with van der Waals surface area (Å²) in [5.41, 5.74) is 0.514. The van der Waals surface area contributed by atoms with Gasteiger partial charge in [0.2, 0.25) is 11.8 Å². The largest absolute Gasteiger partial charge is 0.352 e. The van der Waals surface area contributed by atoms with Crippen LogP contribution in [-0.2, 0) is 23.1 Å². The van der Waals surface area contributed by atoms with E-state index in [1.54, 1.807) is 11.6 Å². The van der Waals surface area contributed by atoms with E-state index in [9.17, 15) is 14.0 Å². The van der Waals surface area contributed by atoms with Crippen molar-refractivity contribution in [2.75, 3.05) is 5.32 Å². The average Bonchev–Trinajstić information content (AvgIpc) is 3.29. The maximum atomic E-state index is 12.9. The first kappa shape index (κ1) is 20.3. The van der Waals surface area contributed by atoms with Crippen molar-refractivity contribution in [3.63, 3.8) is 0 Å². The molecule has 1 atom stereocenters. The summed E-state index contributed by atoms with van der Waals surface area (Å²) in [5, 5.41) is 14.2. The highest BCUT2D eigenvalue weighted by Crippen LogP contribution is 2.23. The Hall–Kier alpha value is -2.42. The van der Waals surface area contributed by atoms with Crippen LogP contribution in [0.25, 0.3) is 0 Å². The van der Waals surface area contributed by atoms with Crippen molar-refractivity contribution in [3.05, 3.63) is 35.9 Å². The molecule has 0 aliphatic heterocycles. The molecule has 2 amide bonds. The number of benzene rings is 1. The minimum absolute atomic E-state index is 0.00416. The van der Waals surface area contributed by atoms with Gasteiger partial charge < -0.3 is 15.2 Å². The second-order valence-corrected chi connectivity index (χ2v) is 8.25. The average molecular weight is 405 g/mol. The number of thioether (sulfide) groups is 1. The van der Waals surface area contributed by atoms with Gasteiger partial charge >= 0.3 is 0 Å². The minimum atomic E-state index is -0.362. The third-order valence-electron chi connectivity index (χ3n) is 4.72. The van der Waals surface area contributed by atoms with E-state index < -0.39 is 0 Å². The van der Waals surface area contributed by atoms with Crippen LogP contribution in [0, 0.1) is 5.82 Å². The Kier molecular flexibility index (Phi) is 6.66. The van der Waals surface area contributed by atoms with E-state index >= 15 is 0 Å². The topological polar surface area (TPSA) is 88.9 Å². The van der Waals surface area contributed by atoms with Crippen LogP contribution in [0.2, 0.25) is 0 Å². The standard InChI is InChI=1S/C19H24FN5O2S/c1-12(18(27)22-14-5-3-4-6-14)28-19-24-23-16(25(19)2)11-17(26)21-15-9-7-13(20)8-10-15/h7-10,12,14H,3-6,11H2,1-2H3,(H,21,26)(H,22,27). The van der Waals surface area contributed by atoms with Gasteiger partial charge in [0.25, 0.3) is 0 Å². The van der Waals surface area contributed by atoms with Crippen molar-refractivity contribution < 1.29 is 14.0 Å². The van der Waals surface area contributed by atoms with E-state index in [4.69, 9.17) is 0 Å². The molecule has 150 valence electrons. The van der Waals surface area contributed by atoms with Gasteiger partial charge in [0.15, 0.2) is 5.16 Å². The predicted molar refractivity (Wildman–Crippen MR) is 105 cm³/mol. The lowest BCUT2D eigenvalue weighted by molar-refractivity contribution is -0.121. The summed E-state index contributed by atoms with van der Waals surface area (Å²) >= 11 is 1.32. The zero-order valence-electron chi connectivity index (χ0n) is 15.9. The molecule has 0 bridgehead atoms. The molecule has 9 heteroatoms. The van der Waals surface area contributed by atoms with Gasteiger partial charge in [-0.25, -0.2) is 4.39 Å². The smallest absolute Gasteiger partial charge is 0.233 e. The lowest BCUT2D eigenvalue weighted by Crippen LogP contribution is -2.37. The fourth-order valence-corrected chi connectivity index (χ4v) is 3.93. The van der Waals surface area contributed by atoms with Crippen LogP contribution in [0.1, 0.15) is 38.4 Å². The lowest BCUT2D eigenvalue weighted by atomic mass is 10.2. The molecule has 0 spiro atoms. The molecule has 3 rings (SSSR count). The third-order valence-corrected chi connectivity index (χ3v) is 5.86. The first-order valence-corrected chi connectivity index (χ1v) is 10.2. The number of carbonyl (C=O) groups excluding carboxylic acids is 2. The number of hydrogen-bond donors (Lipinski definition) is 2. The van der Waals surface area contributed by atoms with Crippen molar-refractivity contribution in [1.82, 2.24) is 20.1 Å². The maximum Gasteiger partial charge on any atom is 0.233 e. The van der Waals surface area contributed by atoms with E-state index in [-0.39, 0.29) is 35.3 Å². The van der Waals surface area contributed by atoms with Crippen LogP contribution < -0.4 is 10.6 Å². The number of anilines is 1. The Bertz CT molecular complexity index is 833. The van der Waals surface area contributed by atoms with Gasteiger partial charge in [0.1, 0.15) is 11.6 Å². The highest BCUT2D eigenvalue weighted by atomic mass is 32.2. The maximum absolute atomic E-state index is 12.9. The van der Waals surface area contributed by atoms with Crippen LogP contribution in [0.3, 0.4) is 0 Å². The van der Waals surface area contributed by atoms with Gasteiger partial charge in [-0.15, -0.1) is 10.2 Å². The number of aromatic nitrogens is 3. The number of nitrogens with zero attached hydrogens (tertiary/aromatic N) is 3. The van der Waals surface area contributed by atoms with Gasteiger partial charge in [0, 0.05) is 18.8 Å². The second kappa shape index (κ2) is 9.18. The highest BCUT2D eigenvalue weighted by Gasteiger charge is 2.23. The van der Waals surface area contributed by atoms with Crippen LogP contribution in [0.15, 0.2) is 29.4 Å². The molecule has 1 aliphatic rings. The van der Waals surface area contributed by atoms with Gasteiger partial charge in [-0.3, -0.25) is 9.59 Å². The lowest BCUT2D eigenvalue weighted by Gasteiger charge is -2.16. The van der Waals surface area contributed by atoms with E-state index in [1.807, 2.05) is 6.92 Å². The minimum Gasteiger partial charge on any atom is -0.352 e. The molecule has 0 radical (unpaired) electrons. The van der Waals surface area contributed by atoms with Crippen LogP contribution in [0.5, 0.6) is 0 Å². The van der Waals surface area contributed by atoms with Crippen molar-refractivity contribution in [3.8, 4) is 0 Å². The summed E-state index contributed by atoms with van der Waals surface area (Å²) in [7, 11) is 1.77. The molecule has 1 aromatic heterocycles. The Balaban J connectivity index is 1.54. The summed E-state index contributed by atoms with van der Waals surface area (Å²) in [6.07, 6.45) is 4.45. The Morgan fingerprint density at radius 1 is 1.25 bits per heavy atom. The Morgan fingerprint density at radius 2 is 1.93 bits per heavy atom. The van der Waals surface area contributed by atoms with Crippen LogP contribution in [0.4, 0.5) is 10.1 Å². The summed E-state index contributed by atoms with van der Waals surface area (Å²) in [6, 6.07) is 5.84. The Morgan fingerprint density at radius 3 is 2.61 bits per heavy atom. The number of carbonyl (C=O) groups is 2. The summed E-state index contributed by atoms with van der Waals surface area (Å²) in [4.78, 5) is 24.5. The van der Waals surface area contributed by atoms with Gasteiger partial charge in [-0.2, -0.15) is 0 Å². The van der Waals surface area contributed by atoms with E-state index in [0.29, 0.717) is 16.7 Å². The van der Waals surface area contributed by atoms with Crippen molar-refractivity contribution in [1.29, 1.82) is 0 Å². The number of halogens is 1. The molecule has 1 aromatic carbocycles. The molecule has 1 heterocycles. The number of nitrogens with one attached hydrogen (secondary N) is 2.